The fraction of sp³-hybridized carbons (Fsp3) is 0.786. The van der Waals surface area contributed by atoms with E-state index in [1.165, 1.54) is 11.8 Å². The number of nitrogens with zero attached hydrogens (tertiary/aromatic N) is 3. The number of aliphatic carboxylic acids is 1. The fourth-order valence-corrected chi connectivity index (χ4v) is 2.39. The van der Waals surface area contributed by atoms with Gasteiger partial charge < -0.3 is 14.4 Å². The summed E-state index contributed by atoms with van der Waals surface area (Å²) in [7, 11) is 1.64. The number of rotatable bonds is 8. The maximum absolute atomic E-state index is 10.7. The average molecular weight is 315 g/mol. The average Bonchev–Trinajstić information content (AvgIpc) is 2.75. The number of thioether (sulfide) groups is 1. The first-order valence-electron chi connectivity index (χ1n) is 7.01. The van der Waals surface area contributed by atoms with Crippen molar-refractivity contribution in [3.8, 4) is 0 Å². The number of carboxylic acid groups (broad SMARTS) is 1. The van der Waals surface area contributed by atoms with Gasteiger partial charge in [0.15, 0.2) is 5.16 Å². The second kappa shape index (κ2) is 7.79. The number of ether oxygens (including phenoxy) is 1. The molecule has 0 fully saturated rings. The standard InChI is InChI=1S/C14H25N3O3S/c1-10(14(2,3)4)8-11-15-16-13(21-9-12(18)19)17(11)6-7-20-5/h10H,6-9H2,1-5H3,(H,18,19). The molecule has 0 aliphatic heterocycles. The zero-order chi connectivity index (χ0) is 16.0. The van der Waals surface area contributed by atoms with Crippen LogP contribution in [-0.2, 0) is 22.5 Å². The molecule has 0 bridgehead atoms. The van der Waals surface area contributed by atoms with Crippen LogP contribution in [0.1, 0.15) is 33.5 Å². The second-order valence-electron chi connectivity index (χ2n) is 6.20. The number of hydrogen-bond donors (Lipinski definition) is 1. The predicted octanol–water partition coefficient (Wildman–Crippen LogP) is 2.33. The van der Waals surface area contributed by atoms with Crippen LogP contribution >= 0.6 is 11.8 Å². The van der Waals surface area contributed by atoms with Crippen LogP contribution in [0.5, 0.6) is 0 Å². The van der Waals surface area contributed by atoms with Gasteiger partial charge in [-0.05, 0) is 11.3 Å². The van der Waals surface area contributed by atoms with Crippen molar-refractivity contribution in [3.05, 3.63) is 5.82 Å². The van der Waals surface area contributed by atoms with Crippen LogP contribution < -0.4 is 0 Å². The fourth-order valence-electron chi connectivity index (χ4n) is 1.69. The number of hydrogen-bond acceptors (Lipinski definition) is 5. The van der Waals surface area contributed by atoms with Gasteiger partial charge in [0, 0.05) is 20.1 Å². The Bertz CT molecular complexity index is 469. The molecule has 21 heavy (non-hydrogen) atoms. The molecule has 1 rings (SSSR count). The maximum Gasteiger partial charge on any atom is 0.313 e. The molecule has 1 atom stereocenters. The highest BCUT2D eigenvalue weighted by atomic mass is 32.2. The Kier molecular flexibility index (Phi) is 6.67. The van der Waals surface area contributed by atoms with Crippen LogP contribution in [0.3, 0.4) is 0 Å². The summed E-state index contributed by atoms with van der Waals surface area (Å²) in [6, 6.07) is 0. The van der Waals surface area contributed by atoms with Crippen molar-refractivity contribution >= 4 is 17.7 Å². The first kappa shape index (κ1) is 18.0. The normalized spacial score (nSPS) is 13.4. The lowest BCUT2D eigenvalue weighted by Gasteiger charge is -2.27. The van der Waals surface area contributed by atoms with Gasteiger partial charge in [0.1, 0.15) is 5.82 Å². The molecule has 0 radical (unpaired) electrons. The quantitative estimate of drug-likeness (QED) is 0.742. The maximum atomic E-state index is 10.7. The summed E-state index contributed by atoms with van der Waals surface area (Å²) in [6.45, 7) is 9.99. The summed E-state index contributed by atoms with van der Waals surface area (Å²) in [5.74, 6) is 0.466. The monoisotopic (exact) mass is 315 g/mol. The lowest BCUT2D eigenvalue weighted by Crippen LogP contribution is -2.22. The van der Waals surface area contributed by atoms with Crippen LogP contribution in [0.15, 0.2) is 5.16 Å². The van der Waals surface area contributed by atoms with Crippen molar-refractivity contribution in [2.75, 3.05) is 19.5 Å². The van der Waals surface area contributed by atoms with E-state index >= 15 is 0 Å². The summed E-state index contributed by atoms with van der Waals surface area (Å²) in [5, 5.41) is 17.8. The largest absolute Gasteiger partial charge is 0.481 e. The number of carboxylic acids is 1. The van der Waals surface area contributed by atoms with Gasteiger partial charge in [0.05, 0.1) is 12.4 Å². The van der Waals surface area contributed by atoms with E-state index in [-0.39, 0.29) is 11.2 Å². The van der Waals surface area contributed by atoms with Crippen molar-refractivity contribution in [3.63, 3.8) is 0 Å². The summed E-state index contributed by atoms with van der Waals surface area (Å²) in [5.41, 5.74) is 0.187. The lowest BCUT2D eigenvalue weighted by atomic mass is 9.80. The highest BCUT2D eigenvalue weighted by Crippen LogP contribution is 2.29. The molecule has 0 saturated heterocycles. The van der Waals surface area contributed by atoms with Crippen LogP contribution in [0, 0.1) is 11.3 Å². The van der Waals surface area contributed by atoms with Gasteiger partial charge in [-0.15, -0.1) is 10.2 Å². The van der Waals surface area contributed by atoms with Crippen LogP contribution in [0.25, 0.3) is 0 Å². The SMILES string of the molecule is COCCn1c(CC(C)C(C)(C)C)nnc1SCC(=O)O. The van der Waals surface area contributed by atoms with Crippen molar-refractivity contribution in [2.24, 2.45) is 11.3 Å². The molecule has 0 aliphatic carbocycles. The van der Waals surface area contributed by atoms with E-state index in [9.17, 15) is 4.79 Å². The third kappa shape index (κ3) is 5.67. The van der Waals surface area contributed by atoms with Crippen LogP contribution in [0.4, 0.5) is 0 Å². The number of methoxy groups -OCH3 is 1. The van der Waals surface area contributed by atoms with Gasteiger partial charge in [-0.2, -0.15) is 0 Å². The van der Waals surface area contributed by atoms with Crippen LogP contribution in [-0.4, -0.2) is 45.3 Å². The summed E-state index contributed by atoms with van der Waals surface area (Å²) in [6.07, 6.45) is 0.813. The number of carbonyl (C=O) groups is 1. The smallest absolute Gasteiger partial charge is 0.313 e. The van der Waals surface area contributed by atoms with E-state index in [0.29, 0.717) is 24.2 Å². The molecule has 0 aliphatic rings. The highest BCUT2D eigenvalue weighted by Gasteiger charge is 2.23. The summed E-state index contributed by atoms with van der Waals surface area (Å²) < 4.78 is 7.09. The number of aromatic nitrogens is 3. The molecule has 1 aromatic rings. The molecule has 0 spiro atoms. The Labute approximate surface area is 130 Å². The molecule has 1 aromatic heterocycles. The summed E-state index contributed by atoms with van der Waals surface area (Å²) >= 11 is 1.20. The Morgan fingerprint density at radius 1 is 1.43 bits per heavy atom. The first-order valence-corrected chi connectivity index (χ1v) is 8.00. The lowest BCUT2D eigenvalue weighted by molar-refractivity contribution is -0.133. The molecule has 1 unspecified atom stereocenters. The second-order valence-corrected chi connectivity index (χ2v) is 7.14. The Morgan fingerprint density at radius 3 is 2.62 bits per heavy atom. The molecular weight excluding hydrogens is 290 g/mol. The van der Waals surface area contributed by atoms with Gasteiger partial charge in [-0.1, -0.05) is 39.5 Å². The minimum Gasteiger partial charge on any atom is -0.481 e. The highest BCUT2D eigenvalue weighted by molar-refractivity contribution is 7.99. The van der Waals surface area contributed by atoms with Crippen molar-refractivity contribution in [1.82, 2.24) is 14.8 Å². The minimum atomic E-state index is -0.856. The zero-order valence-electron chi connectivity index (χ0n) is 13.4. The van der Waals surface area contributed by atoms with Gasteiger partial charge in [-0.25, -0.2) is 0 Å². The van der Waals surface area contributed by atoms with Crippen LogP contribution in [0.2, 0.25) is 0 Å². The molecular formula is C14H25N3O3S. The zero-order valence-corrected chi connectivity index (χ0v) is 14.2. The Balaban J connectivity index is 2.89. The van der Waals surface area contributed by atoms with Gasteiger partial charge in [0.2, 0.25) is 0 Å². The van der Waals surface area contributed by atoms with Crippen molar-refractivity contribution < 1.29 is 14.6 Å². The predicted molar refractivity (Wildman–Crippen MR) is 82.6 cm³/mol. The third-order valence-electron chi connectivity index (χ3n) is 3.60. The van der Waals surface area contributed by atoms with E-state index in [4.69, 9.17) is 9.84 Å². The van der Waals surface area contributed by atoms with E-state index in [0.717, 1.165) is 12.2 Å². The molecule has 6 nitrogen and oxygen atoms in total. The minimum absolute atomic E-state index is 0.0139. The summed E-state index contributed by atoms with van der Waals surface area (Å²) in [4.78, 5) is 10.7. The molecule has 0 amide bonds. The van der Waals surface area contributed by atoms with E-state index < -0.39 is 5.97 Å². The van der Waals surface area contributed by atoms with E-state index in [2.05, 4.69) is 37.9 Å². The Morgan fingerprint density at radius 2 is 2.10 bits per heavy atom. The first-order chi connectivity index (χ1) is 9.75. The van der Waals surface area contributed by atoms with E-state index in [1.54, 1.807) is 7.11 Å². The topological polar surface area (TPSA) is 77.2 Å². The van der Waals surface area contributed by atoms with Gasteiger partial charge in [0.25, 0.3) is 0 Å². The van der Waals surface area contributed by atoms with E-state index in [1.807, 2.05) is 4.57 Å². The van der Waals surface area contributed by atoms with Gasteiger partial charge >= 0.3 is 5.97 Å². The molecule has 0 aromatic carbocycles. The van der Waals surface area contributed by atoms with Crippen molar-refractivity contribution in [2.45, 2.75) is 45.8 Å². The van der Waals surface area contributed by atoms with Gasteiger partial charge in [-0.3, -0.25) is 4.79 Å². The third-order valence-corrected chi connectivity index (χ3v) is 4.56. The molecule has 1 heterocycles. The Hall–Kier alpha value is -1.08. The molecule has 120 valence electrons. The van der Waals surface area contributed by atoms with Crippen molar-refractivity contribution in [1.29, 1.82) is 0 Å². The molecule has 7 heteroatoms. The molecule has 1 N–H and O–H groups in total. The molecule has 0 saturated carbocycles.